The SMILES string of the molecule is C[C@@H]1CCc2c(sc3nc(CN4CCOCC4)nc(N4CCN(c5ccccc5)CC4)c23)C1. The van der Waals surface area contributed by atoms with Gasteiger partial charge in [-0.2, -0.15) is 0 Å². The molecule has 1 aromatic carbocycles. The molecule has 1 atom stereocenters. The number of hydrogen-bond donors (Lipinski definition) is 0. The molecule has 1 aliphatic carbocycles. The zero-order valence-corrected chi connectivity index (χ0v) is 20.3. The van der Waals surface area contributed by atoms with Crippen LogP contribution in [0, 0.1) is 5.92 Å². The van der Waals surface area contributed by atoms with E-state index in [1.165, 1.54) is 46.5 Å². The minimum absolute atomic E-state index is 0.768. The molecule has 6 nitrogen and oxygen atoms in total. The van der Waals surface area contributed by atoms with Crippen LogP contribution in [0.15, 0.2) is 30.3 Å². The summed E-state index contributed by atoms with van der Waals surface area (Å²) < 4.78 is 5.54. The Morgan fingerprint density at radius 3 is 2.52 bits per heavy atom. The third-order valence-corrected chi connectivity index (χ3v) is 8.50. The molecule has 4 heterocycles. The van der Waals surface area contributed by atoms with Crippen LogP contribution in [0.3, 0.4) is 0 Å². The van der Waals surface area contributed by atoms with E-state index in [0.717, 1.165) is 70.8 Å². The van der Waals surface area contributed by atoms with Crippen molar-refractivity contribution < 1.29 is 4.74 Å². The summed E-state index contributed by atoms with van der Waals surface area (Å²) in [5.41, 5.74) is 2.85. The smallest absolute Gasteiger partial charge is 0.146 e. The van der Waals surface area contributed by atoms with Gasteiger partial charge in [0.1, 0.15) is 16.5 Å². The lowest BCUT2D eigenvalue weighted by Crippen LogP contribution is -2.47. The van der Waals surface area contributed by atoms with Gasteiger partial charge in [-0.15, -0.1) is 11.3 Å². The molecule has 0 spiro atoms. The summed E-state index contributed by atoms with van der Waals surface area (Å²) in [4.78, 5) is 20.5. The highest BCUT2D eigenvalue weighted by Gasteiger charge is 2.28. The minimum atomic E-state index is 0.768. The summed E-state index contributed by atoms with van der Waals surface area (Å²) in [6.45, 7) is 10.8. The van der Waals surface area contributed by atoms with E-state index in [-0.39, 0.29) is 0 Å². The number of rotatable bonds is 4. The van der Waals surface area contributed by atoms with Gasteiger partial charge in [-0.3, -0.25) is 4.90 Å². The molecule has 2 fully saturated rings. The molecule has 174 valence electrons. The number of fused-ring (bicyclic) bond motifs is 3. The summed E-state index contributed by atoms with van der Waals surface area (Å²) in [5, 5.41) is 1.35. The van der Waals surface area contributed by atoms with Crippen molar-refractivity contribution in [3.63, 3.8) is 0 Å². The van der Waals surface area contributed by atoms with E-state index in [1.54, 1.807) is 4.88 Å². The number of thiophene rings is 1. The molecule has 0 N–H and O–H groups in total. The van der Waals surface area contributed by atoms with Gasteiger partial charge >= 0.3 is 0 Å². The first kappa shape index (κ1) is 21.3. The Morgan fingerprint density at radius 2 is 1.73 bits per heavy atom. The number of piperazine rings is 1. The van der Waals surface area contributed by atoms with Crippen LogP contribution in [-0.4, -0.2) is 67.4 Å². The minimum Gasteiger partial charge on any atom is -0.379 e. The van der Waals surface area contributed by atoms with Crippen molar-refractivity contribution in [2.45, 2.75) is 32.7 Å². The van der Waals surface area contributed by atoms with Gasteiger partial charge in [0.15, 0.2) is 0 Å². The Bertz CT molecular complexity index is 1100. The Labute approximate surface area is 200 Å². The van der Waals surface area contributed by atoms with Crippen LogP contribution in [-0.2, 0) is 24.1 Å². The maximum Gasteiger partial charge on any atom is 0.146 e. The predicted molar refractivity (Wildman–Crippen MR) is 136 cm³/mol. The maximum absolute atomic E-state index is 5.54. The van der Waals surface area contributed by atoms with Gasteiger partial charge in [0.05, 0.1) is 25.1 Å². The highest BCUT2D eigenvalue weighted by atomic mass is 32.1. The molecule has 0 amide bonds. The summed E-state index contributed by atoms with van der Waals surface area (Å²) in [7, 11) is 0. The monoisotopic (exact) mass is 463 g/mol. The van der Waals surface area contributed by atoms with Crippen LogP contribution in [0.4, 0.5) is 11.5 Å². The summed E-state index contributed by atoms with van der Waals surface area (Å²) >= 11 is 1.92. The second-order valence-corrected chi connectivity index (χ2v) is 10.8. The molecule has 0 bridgehead atoms. The van der Waals surface area contributed by atoms with Crippen LogP contribution in [0.2, 0.25) is 0 Å². The average molecular weight is 464 g/mol. The number of para-hydroxylation sites is 1. The second kappa shape index (κ2) is 9.20. The lowest BCUT2D eigenvalue weighted by atomic mass is 9.89. The van der Waals surface area contributed by atoms with E-state index in [4.69, 9.17) is 14.7 Å². The van der Waals surface area contributed by atoms with Crippen LogP contribution in [0.1, 0.15) is 29.6 Å². The van der Waals surface area contributed by atoms with E-state index in [9.17, 15) is 0 Å². The van der Waals surface area contributed by atoms with Gasteiger partial charge in [0.2, 0.25) is 0 Å². The van der Waals surface area contributed by atoms with E-state index < -0.39 is 0 Å². The number of nitrogens with zero attached hydrogens (tertiary/aromatic N) is 5. The quantitative estimate of drug-likeness (QED) is 0.583. The van der Waals surface area contributed by atoms with Crippen molar-refractivity contribution in [3.05, 3.63) is 46.6 Å². The fourth-order valence-electron chi connectivity index (χ4n) is 5.44. The fourth-order valence-corrected chi connectivity index (χ4v) is 6.84. The molecule has 0 unspecified atom stereocenters. The van der Waals surface area contributed by atoms with Crippen LogP contribution >= 0.6 is 11.3 Å². The number of anilines is 2. The Balaban J connectivity index is 1.32. The number of benzene rings is 1. The van der Waals surface area contributed by atoms with E-state index in [1.807, 2.05) is 11.3 Å². The lowest BCUT2D eigenvalue weighted by Gasteiger charge is -2.37. The molecule has 0 saturated carbocycles. The number of morpholine rings is 1. The molecule has 0 radical (unpaired) electrons. The number of aryl methyl sites for hydroxylation is 1. The molecule has 2 aromatic heterocycles. The van der Waals surface area contributed by atoms with Gasteiger partial charge in [-0.25, -0.2) is 9.97 Å². The third-order valence-electron chi connectivity index (χ3n) is 7.35. The van der Waals surface area contributed by atoms with Crippen LogP contribution in [0.25, 0.3) is 10.2 Å². The molecule has 3 aromatic rings. The molecular weight excluding hydrogens is 430 g/mol. The van der Waals surface area contributed by atoms with E-state index >= 15 is 0 Å². The van der Waals surface area contributed by atoms with Gasteiger partial charge in [-0.1, -0.05) is 25.1 Å². The topological polar surface area (TPSA) is 44.7 Å². The first-order valence-corrected chi connectivity index (χ1v) is 13.2. The van der Waals surface area contributed by atoms with Gasteiger partial charge in [-0.05, 0) is 42.9 Å². The largest absolute Gasteiger partial charge is 0.379 e. The molecular formula is C26H33N5OS. The first-order chi connectivity index (χ1) is 16.2. The van der Waals surface area contributed by atoms with E-state index in [0.29, 0.717) is 0 Å². The van der Waals surface area contributed by atoms with Crippen molar-refractivity contribution in [1.29, 1.82) is 0 Å². The zero-order valence-electron chi connectivity index (χ0n) is 19.5. The first-order valence-electron chi connectivity index (χ1n) is 12.4. The molecule has 33 heavy (non-hydrogen) atoms. The highest BCUT2D eigenvalue weighted by molar-refractivity contribution is 7.19. The predicted octanol–water partition coefficient (Wildman–Crippen LogP) is 3.97. The fraction of sp³-hybridized carbons (Fsp3) is 0.538. The molecule has 3 aliphatic rings. The second-order valence-electron chi connectivity index (χ2n) is 9.69. The summed E-state index contributed by atoms with van der Waals surface area (Å²) in [5.74, 6) is 2.92. The molecule has 2 saturated heterocycles. The number of ether oxygens (including phenoxy) is 1. The van der Waals surface area contributed by atoms with Crippen molar-refractivity contribution >= 4 is 33.1 Å². The van der Waals surface area contributed by atoms with Gasteiger partial charge in [0.25, 0.3) is 0 Å². The summed E-state index contributed by atoms with van der Waals surface area (Å²) in [6.07, 6.45) is 3.63. The van der Waals surface area contributed by atoms with Gasteiger partial charge < -0.3 is 14.5 Å². The normalized spacial score (nSPS) is 22.0. The number of aromatic nitrogens is 2. The highest BCUT2D eigenvalue weighted by Crippen LogP contribution is 2.41. The Kier molecular flexibility index (Phi) is 5.94. The number of hydrogen-bond acceptors (Lipinski definition) is 7. The van der Waals surface area contributed by atoms with Crippen LogP contribution < -0.4 is 9.80 Å². The molecule has 2 aliphatic heterocycles. The van der Waals surface area contributed by atoms with Crippen LogP contribution in [0.5, 0.6) is 0 Å². The standard InChI is InChI=1S/C26H33N5OS/c1-19-7-8-21-22(17-19)33-26-24(21)25(27-23(28-26)18-29-13-15-32-16-14-29)31-11-9-30(10-12-31)20-5-3-2-4-6-20/h2-6,19H,7-18H2,1H3/t19-/m1/s1. The Morgan fingerprint density at radius 1 is 0.970 bits per heavy atom. The maximum atomic E-state index is 5.54. The van der Waals surface area contributed by atoms with E-state index in [2.05, 4.69) is 52.0 Å². The average Bonchev–Trinajstić information content (AvgIpc) is 3.22. The van der Waals surface area contributed by atoms with Crippen molar-refractivity contribution in [3.8, 4) is 0 Å². The van der Waals surface area contributed by atoms with Crippen molar-refractivity contribution in [1.82, 2.24) is 14.9 Å². The molecule has 6 rings (SSSR count). The van der Waals surface area contributed by atoms with Gasteiger partial charge in [0, 0.05) is 49.8 Å². The van der Waals surface area contributed by atoms with Crippen molar-refractivity contribution in [2.24, 2.45) is 5.92 Å². The molecule has 7 heteroatoms. The lowest BCUT2D eigenvalue weighted by molar-refractivity contribution is 0.0331. The zero-order chi connectivity index (χ0) is 22.2. The summed E-state index contributed by atoms with van der Waals surface area (Å²) in [6, 6.07) is 10.8. The Hall–Kier alpha value is -2.22. The van der Waals surface area contributed by atoms with Crippen molar-refractivity contribution in [2.75, 3.05) is 62.3 Å². The third kappa shape index (κ3) is 4.34.